The molecule has 0 saturated heterocycles. The van der Waals surface area contributed by atoms with Crippen LogP contribution in [0.15, 0.2) is 49.0 Å². The van der Waals surface area contributed by atoms with Crippen LogP contribution in [-0.4, -0.2) is 41.0 Å². The summed E-state index contributed by atoms with van der Waals surface area (Å²) in [5.74, 6) is -0.638. The maximum atomic E-state index is 14.4. The molecule has 2 aromatic rings. The monoisotopic (exact) mass is 597 g/mol. The molecule has 8 heteroatoms. The molecule has 2 atom stereocenters. The molecule has 2 aromatic carbocycles. The van der Waals surface area contributed by atoms with Gasteiger partial charge in [0.25, 0.3) is 5.91 Å². The molecule has 0 aliphatic heterocycles. The molecule has 0 aliphatic rings. The maximum Gasteiger partial charge on any atom is 0.408 e. The Bertz CT molecular complexity index is 1200. The second-order valence-corrected chi connectivity index (χ2v) is 12.5. The van der Waals surface area contributed by atoms with E-state index >= 15 is 0 Å². The van der Waals surface area contributed by atoms with Crippen molar-refractivity contribution >= 4 is 41.3 Å². The molecule has 7 nitrogen and oxygen atoms in total. The van der Waals surface area contributed by atoms with Crippen LogP contribution in [0.5, 0.6) is 0 Å². The number of carbonyl (C=O) groups is 3. The number of nitrogens with one attached hydrogen (secondary N) is 2. The number of ether oxygens (including phenoxy) is 1. The van der Waals surface area contributed by atoms with Crippen molar-refractivity contribution in [2.24, 2.45) is 5.92 Å². The highest BCUT2D eigenvalue weighted by molar-refractivity contribution is 6.34. The van der Waals surface area contributed by atoms with Crippen molar-refractivity contribution in [2.45, 2.75) is 98.3 Å². The zero-order valence-corrected chi connectivity index (χ0v) is 27.0. The lowest BCUT2D eigenvalue weighted by Gasteiger charge is -2.35. The number of alkyl carbamates (subject to hydrolysis) is 1. The molecule has 0 heterocycles. The van der Waals surface area contributed by atoms with E-state index in [1.807, 2.05) is 57.2 Å². The minimum absolute atomic E-state index is 0.0953. The van der Waals surface area contributed by atoms with Crippen molar-refractivity contribution < 1.29 is 19.1 Å². The molecule has 0 spiro atoms. The summed E-state index contributed by atoms with van der Waals surface area (Å²) in [4.78, 5) is 43.1. The highest BCUT2D eigenvalue weighted by atomic mass is 35.5. The van der Waals surface area contributed by atoms with Crippen LogP contribution in [0.3, 0.4) is 0 Å². The van der Waals surface area contributed by atoms with E-state index in [-0.39, 0.29) is 11.8 Å². The first-order chi connectivity index (χ1) is 19.8. The Labute approximate surface area is 257 Å². The van der Waals surface area contributed by atoms with Crippen molar-refractivity contribution in [1.82, 2.24) is 10.2 Å². The van der Waals surface area contributed by atoms with E-state index in [2.05, 4.69) is 24.1 Å². The number of halogens is 1. The van der Waals surface area contributed by atoms with E-state index < -0.39 is 29.7 Å². The van der Waals surface area contributed by atoms with E-state index in [4.69, 9.17) is 16.3 Å². The summed E-state index contributed by atoms with van der Waals surface area (Å²) in [5.41, 5.74) is 2.04. The molecule has 0 saturated carbocycles. The van der Waals surface area contributed by atoms with Crippen LogP contribution in [0, 0.1) is 12.8 Å². The van der Waals surface area contributed by atoms with Gasteiger partial charge >= 0.3 is 6.09 Å². The number of benzene rings is 2. The molecule has 0 aromatic heterocycles. The number of aryl methyl sites for hydroxylation is 1. The zero-order chi connectivity index (χ0) is 31.4. The van der Waals surface area contributed by atoms with E-state index in [0.717, 1.165) is 30.4 Å². The van der Waals surface area contributed by atoms with Gasteiger partial charge < -0.3 is 20.3 Å². The first-order valence-corrected chi connectivity index (χ1v) is 15.2. The van der Waals surface area contributed by atoms with Gasteiger partial charge in [0.05, 0.1) is 10.7 Å². The van der Waals surface area contributed by atoms with Gasteiger partial charge in [0, 0.05) is 6.54 Å². The molecule has 3 amide bonds. The summed E-state index contributed by atoms with van der Waals surface area (Å²) in [7, 11) is 0. The highest BCUT2D eigenvalue weighted by Crippen LogP contribution is 2.30. The lowest BCUT2D eigenvalue weighted by atomic mass is 9.97. The first-order valence-electron chi connectivity index (χ1n) is 14.9. The normalized spacial score (nSPS) is 12.8. The third-order valence-corrected chi connectivity index (χ3v) is 7.04. The van der Waals surface area contributed by atoms with E-state index in [9.17, 15) is 14.4 Å². The maximum absolute atomic E-state index is 14.4. The molecule has 0 fully saturated rings. The predicted molar refractivity (Wildman–Crippen MR) is 173 cm³/mol. The van der Waals surface area contributed by atoms with Crippen molar-refractivity contribution in [3.05, 3.63) is 70.8 Å². The highest BCUT2D eigenvalue weighted by Gasteiger charge is 2.36. The van der Waals surface area contributed by atoms with Gasteiger partial charge in [0.15, 0.2) is 0 Å². The molecule has 0 bridgehead atoms. The van der Waals surface area contributed by atoms with Gasteiger partial charge in [-0.1, -0.05) is 94.6 Å². The molecule has 2 rings (SSSR count). The summed E-state index contributed by atoms with van der Waals surface area (Å²) < 4.78 is 5.50. The van der Waals surface area contributed by atoms with Gasteiger partial charge in [-0.05, 0) is 75.3 Å². The topological polar surface area (TPSA) is 87.7 Å². The lowest BCUT2D eigenvalue weighted by molar-refractivity contribution is -0.141. The van der Waals surface area contributed by atoms with Gasteiger partial charge in [-0.15, -0.1) is 0 Å². The Morgan fingerprint density at radius 2 is 1.76 bits per heavy atom. The Kier molecular flexibility index (Phi) is 13.6. The molecule has 0 radical (unpaired) electrons. The molecule has 230 valence electrons. The minimum Gasteiger partial charge on any atom is -0.444 e. The quantitative estimate of drug-likeness (QED) is 0.214. The Morgan fingerprint density at radius 3 is 2.36 bits per heavy atom. The Balaban J connectivity index is 2.62. The molecular formula is C34H48ClN3O4. The van der Waals surface area contributed by atoms with E-state index in [1.165, 1.54) is 0 Å². The molecule has 2 unspecified atom stereocenters. The summed E-state index contributed by atoms with van der Waals surface area (Å²) >= 11 is 6.48. The number of unbranched alkanes of at least 4 members (excludes halogenated alkanes) is 3. The third kappa shape index (κ3) is 10.8. The number of hydrogen-bond donors (Lipinski definition) is 2. The fourth-order valence-corrected chi connectivity index (χ4v) is 5.00. The number of anilines is 1. The van der Waals surface area contributed by atoms with Crippen LogP contribution in [0.2, 0.25) is 5.02 Å². The van der Waals surface area contributed by atoms with Crippen LogP contribution < -0.4 is 10.6 Å². The molecule has 0 aliphatic carbocycles. The Morgan fingerprint density at radius 1 is 1.07 bits per heavy atom. The average molecular weight is 598 g/mol. The number of carbonyl (C=O) groups excluding carboxylic acids is 3. The fraction of sp³-hybridized carbons (Fsp3) is 0.500. The van der Waals surface area contributed by atoms with Gasteiger partial charge in [-0.3, -0.25) is 9.59 Å². The summed E-state index contributed by atoms with van der Waals surface area (Å²) in [6.07, 6.45) is 5.06. The summed E-state index contributed by atoms with van der Waals surface area (Å²) in [6.45, 7) is 17.5. The average Bonchev–Trinajstić information content (AvgIpc) is 2.90. The second-order valence-electron chi connectivity index (χ2n) is 12.1. The van der Waals surface area contributed by atoms with E-state index in [0.29, 0.717) is 35.7 Å². The van der Waals surface area contributed by atoms with Crippen molar-refractivity contribution in [3.8, 4) is 0 Å². The molecular weight excluding hydrogens is 550 g/mol. The molecule has 2 N–H and O–H groups in total. The van der Waals surface area contributed by atoms with Gasteiger partial charge in [-0.2, -0.15) is 0 Å². The predicted octanol–water partition coefficient (Wildman–Crippen LogP) is 8.32. The largest absolute Gasteiger partial charge is 0.444 e. The summed E-state index contributed by atoms with van der Waals surface area (Å²) in [6, 6.07) is 11.0. The van der Waals surface area contributed by atoms with Gasteiger partial charge in [-0.25, -0.2) is 4.79 Å². The Hall–Kier alpha value is -3.32. The van der Waals surface area contributed by atoms with Crippen LogP contribution in [0.25, 0.3) is 6.08 Å². The first kappa shape index (κ1) is 34.9. The summed E-state index contributed by atoms with van der Waals surface area (Å²) in [5, 5.41) is 6.21. The van der Waals surface area contributed by atoms with E-state index in [1.54, 1.807) is 37.8 Å². The second kappa shape index (κ2) is 16.4. The zero-order valence-electron chi connectivity index (χ0n) is 26.3. The van der Waals surface area contributed by atoms with Crippen LogP contribution in [-0.2, 0) is 14.3 Å². The standard InChI is InChI=1S/C34H48ClN3O4/c1-9-11-12-13-20-38(32(40)28(21-23(3)4)36-33(41)42-34(6,7)8)30(26-18-15-17-25(10-2)22-26)31(39)37-29-24(5)16-14-19-27(29)35/h10,14-19,22-23,28,30H,2,9,11-13,20-21H2,1,3-8H3,(H,36,41)(H,37,39). The number of rotatable bonds is 14. The van der Waals surface area contributed by atoms with Crippen molar-refractivity contribution in [1.29, 1.82) is 0 Å². The lowest BCUT2D eigenvalue weighted by Crippen LogP contribution is -2.53. The number of para-hydroxylation sites is 1. The van der Waals surface area contributed by atoms with Gasteiger partial charge in [0.2, 0.25) is 5.91 Å². The smallest absolute Gasteiger partial charge is 0.408 e. The van der Waals surface area contributed by atoms with Crippen LogP contribution in [0.1, 0.15) is 96.4 Å². The third-order valence-electron chi connectivity index (χ3n) is 6.72. The number of hydrogen-bond acceptors (Lipinski definition) is 4. The van der Waals surface area contributed by atoms with Crippen molar-refractivity contribution in [3.63, 3.8) is 0 Å². The fourth-order valence-electron chi connectivity index (χ4n) is 4.73. The molecule has 42 heavy (non-hydrogen) atoms. The van der Waals surface area contributed by atoms with Gasteiger partial charge in [0.1, 0.15) is 17.7 Å². The van der Waals surface area contributed by atoms with Crippen molar-refractivity contribution in [2.75, 3.05) is 11.9 Å². The number of amides is 3. The van der Waals surface area contributed by atoms with Crippen LogP contribution in [0.4, 0.5) is 10.5 Å². The SMILES string of the molecule is C=Cc1cccc(C(C(=O)Nc2c(C)cccc2Cl)N(CCCCCC)C(=O)C(CC(C)C)NC(=O)OC(C)(C)C)c1. The van der Waals surface area contributed by atoms with Crippen LogP contribution >= 0.6 is 11.6 Å². The minimum atomic E-state index is -0.982. The number of nitrogens with zero attached hydrogens (tertiary/aromatic N) is 1.